The Balaban J connectivity index is 1.75. The number of carbonyl (C=O) groups is 3. The van der Waals surface area contributed by atoms with Gasteiger partial charge in [-0.2, -0.15) is 0 Å². The lowest BCUT2D eigenvalue weighted by Crippen LogP contribution is -2.44. The highest BCUT2D eigenvalue weighted by Gasteiger charge is 2.52. The Morgan fingerprint density at radius 3 is 2.43 bits per heavy atom. The summed E-state index contributed by atoms with van der Waals surface area (Å²) in [6, 6.07) is 6.69. The summed E-state index contributed by atoms with van der Waals surface area (Å²) in [6.07, 6.45) is 3.22. The Bertz CT molecular complexity index is 600. The Kier molecular flexibility index (Phi) is 3.27. The molecule has 21 heavy (non-hydrogen) atoms. The summed E-state index contributed by atoms with van der Waals surface area (Å²) in [5.41, 5.74) is 0.838. The highest BCUT2D eigenvalue weighted by atomic mass is 16.2. The van der Waals surface area contributed by atoms with Crippen molar-refractivity contribution in [3.8, 4) is 0 Å². The van der Waals surface area contributed by atoms with Crippen LogP contribution in [-0.4, -0.2) is 34.7 Å². The number of ketones is 1. The van der Waals surface area contributed by atoms with Crippen LogP contribution in [-0.2, 0) is 4.79 Å². The van der Waals surface area contributed by atoms with Crippen molar-refractivity contribution in [3.05, 3.63) is 35.4 Å². The summed E-state index contributed by atoms with van der Waals surface area (Å²) in [7, 11) is 0. The molecule has 0 radical (unpaired) electrons. The van der Waals surface area contributed by atoms with Gasteiger partial charge in [-0.05, 0) is 19.8 Å². The maximum Gasteiger partial charge on any atom is 0.325 e. The molecule has 1 aliphatic heterocycles. The van der Waals surface area contributed by atoms with Crippen LogP contribution in [0.15, 0.2) is 24.3 Å². The van der Waals surface area contributed by atoms with Crippen molar-refractivity contribution in [2.45, 2.75) is 38.1 Å². The maximum atomic E-state index is 12.5. The largest absolute Gasteiger partial charge is 0.325 e. The van der Waals surface area contributed by atoms with E-state index in [-0.39, 0.29) is 18.2 Å². The number of hydrogen-bond donors (Lipinski definition) is 1. The van der Waals surface area contributed by atoms with E-state index in [0.717, 1.165) is 23.3 Å². The minimum absolute atomic E-state index is 0.185. The SMILES string of the molecule is Cc1ccc(C(=O)CN2C(=O)NC3(CCCC3)C2=O)cc1. The van der Waals surface area contributed by atoms with Crippen molar-refractivity contribution in [2.24, 2.45) is 0 Å². The molecule has 1 N–H and O–H groups in total. The fraction of sp³-hybridized carbons (Fsp3) is 0.438. The van der Waals surface area contributed by atoms with Gasteiger partial charge in [0, 0.05) is 5.56 Å². The van der Waals surface area contributed by atoms with Gasteiger partial charge in [0.15, 0.2) is 5.78 Å². The quantitative estimate of drug-likeness (QED) is 0.683. The van der Waals surface area contributed by atoms with Crippen LogP contribution in [0.25, 0.3) is 0 Å². The van der Waals surface area contributed by atoms with Crippen LogP contribution in [0.1, 0.15) is 41.6 Å². The van der Waals surface area contributed by atoms with Crippen molar-refractivity contribution in [2.75, 3.05) is 6.54 Å². The third-order valence-electron chi connectivity index (χ3n) is 4.38. The Labute approximate surface area is 123 Å². The number of nitrogens with one attached hydrogen (secondary N) is 1. The molecule has 5 heteroatoms. The zero-order valence-corrected chi connectivity index (χ0v) is 12.0. The Morgan fingerprint density at radius 1 is 1.19 bits per heavy atom. The van der Waals surface area contributed by atoms with Crippen LogP contribution in [0.4, 0.5) is 4.79 Å². The summed E-state index contributed by atoms with van der Waals surface area (Å²) in [6.45, 7) is 1.75. The molecule has 0 atom stereocenters. The molecule has 0 aromatic heterocycles. The average molecular weight is 286 g/mol. The van der Waals surface area contributed by atoms with E-state index in [4.69, 9.17) is 0 Å². The van der Waals surface area contributed by atoms with Gasteiger partial charge in [0.2, 0.25) is 0 Å². The smallest absolute Gasteiger partial charge is 0.323 e. The number of rotatable bonds is 3. The van der Waals surface area contributed by atoms with Crippen molar-refractivity contribution in [1.29, 1.82) is 0 Å². The molecule has 2 fully saturated rings. The zero-order valence-electron chi connectivity index (χ0n) is 12.0. The van der Waals surface area contributed by atoms with E-state index in [2.05, 4.69) is 5.32 Å². The number of benzene rings is 1. The average Bonchev–Trinajstić information content (AvgIpc) is 3.01. The predicted molar refractivity (Wildman–Crippen MR) is 77.0 cm³/mol. The lowest BCUT2D eigenvalue weighted by atomic mass is 9.98. The van der Waals surface area contributed by atoms with Crippen LogP contribution >= 0.6 is 0 Å². The van der Waals surface area contributed by atoms with Gasteiger partial charge in [0.25, 0.3) is 5.91 Å². The number of aryl methyl sites for hydroxylation is 1. The first-order valence-electron chi connectivity index (χ1n) is 7.26. The van der Waals surface area contributed by atoms with Gasteiger partial charge < -0.3 is 5.32 Å². The minimum atomic E-state index is -0.745. The summed E-state index contributed by atoms with van der Waals surface area (Å²) < 4.78 is 0. The molecule has 1 aromatic rings. The first-order chi connectivity index (χ1) is 10.0. The number of amides is 3. The van der Waals surface area contributed by atoms with Crippen LogP contribution < -0.4 is 5.32 Å². The molecular weight excluding hydrogens is 268 g/mol. The first-order valence-corrected chi connectivity index (χ1v) is 7.26. The first kappa shape index (κ1) is 13.8. The van der Waals surface area contributed by atoms with Crippen molar-refractivity contribution in [3.63, 3.8) is 0 Å². The number of urea groups is 1. The molecule has 1 heterocycles. The van der Waals surface area contributed by atoms with E-state index >= 15 is 0 Å². The molecule has 1 aromatic carbocycles. The lowest BCUT2D eigenvalue weighted by Gasteiger charge is -2.19. The molecule has 0 unspecified atom stereocenters. The standard InChI is InChI=1S/C16H18N2O3/c1-11-4-6-12(7-5-11)13(19)10-18-14(20)16(17-15(18)21)8-2-3-9-16/h4-7H,2-3,8-10H2,1H3,(H,17,21). The van der Waals surface area contributed by atoms with E-state index in [1.165, 1.54) is 0 Å². The van der Waals surface area contributed by atoms with Gasteiger partial charge in [-0.25, -0.2) is 4.79 Å². The lowest BCUT2D eigenvalue weighted by molar-refractivity contribution is -0.130. The number of nitrogens with zero attached hydrogens (tertiary/aromatic N) is 1. The van der Waals surface area contributed by atoms with E-state index < -0.39 is 11.6 Å². The number of imide groups is 1. The topological polar surface area (TPSA) is 66.5 Å². The third-order valence-corrected chi connectivity index (χ3v) is 4.38. The second-order valence-corrected chi connectivity index (χ2v) is 5.90. The second-order valence-electron chi connectivity index (χ2n) is 5.90. The Morgan fingerprint density at radius 2 is 1.81 bits per heavy atom. The highest BCUT2D eigenvalue weighted by molar-refractivity contribution is 6.11. The molecule has 110 valence electrons. The van der Waals surface area contributed by atoms with Gasteiger partial charge in [-0.1, -0.05) is 42.7 Å². The number of Topliss-reactive ketones (excluding diaryl/α,β-unsaturated/α-hetero) is 1. The minimum Gasteiger partial charge on any atom is -0.323 e. The van der Waals surface area contributed by atoms with Gasteiger partial charge >= 0.3 is 6.03 Å². The van der Waals surface area contributed by atoms with Gasteiger partial charge in [-0.3, -0.25) is 14.5 Å². The molecule has 1 saturated heterocycles. The maximum absolute atomic E-state index is 12.5. The van der Waals surface area contributed by atoms with E-state index in [0.29, 0.717) is 18.4 Å². The molecule has 3 rings (SSSR count). The third kappa shape index (κ3) is 2.33. The molecule has 5 nitrogen and oxygen atoms in total. The van der Waals surface area contributed by atoms with Crippen LogP contribution in [0.2, 0.25) is 0 Å². The van der Waals surface area contributed by atoms with Crippen LogP contribution in [0, 0.1) is 6.92 Å². The number of carbonyl (C=O) groups excluding carboxylic acids is 3. The van der Waals surface area contributed by atoms with Gasteiger partial charge in [-0.15, -0.1) is 0 Å². The molecule has 2 aliphatic rings. The molecule has 1 saturated carbocycles. The monoisotopic (exact) mass is 286 g/mol. The fourth-order valence-corrected chi connectivity index (χ4v) is 3.11. The zero-order chi connectivity index (χ0) is 15.0. The normalized spacial score (nSPS) is 20.1. The van der Waals surface area contributed by atoms with Gasteiger partial charge in [0.05, 0.1) is 6.54 Å². The van der Waals surface area contributed by atoms with Crippen LogP contribution in [0.3, 0.4) is 0 Å². The summed E-state index contributed by atoms with van der Waals surface area (Å²) >= 11 is 0. The van der Waals surface area contributed by atoms with Crippen LogP contribution in [0.5, 0.6) is 0 Å². The predicted octanol–water partition coefficient (Wildman–Crippen LogP) is 2.04. The van der Waals surface area contributed by atoms with E-state index in [9.17, 15) is 14.4 Å². The van der Waals surface area contributed by atoms with Crippen molar-refractivity contribution >= 4 is 17.7 Å². The summed E-state index contributed by atoms with van der Waals surface area (Å²) in [5.74, 6) is -0.459. The number of hydrogen-bond acceptors (Lipinski definition) is 3. The summed E-state index contributed by atoms with van der Waals surface area (Å²) in [4.78, 5) is 37.8. The molecule has 0 bridgehead atoms. The highest BCUT2D eigenvalue weighted by Crippen LogP contribution is 2.35. The molecule has 1 aliphatic carbocycles. The van der Waals surface area contributed by atoms with E-state index in [1.54, 1.807) is 12.1 Å². The van der Waals surface area contributed by atoms with Gasteiger partial charge in [0.1, 0.15) is 5.54 Å². The molecular formula is C16H18N2O3. The van der Waals surface area contributed by atoms with Crippen molar-refractivity contribution < 1.29 is 14.4 Å². The van der Waals surface area contributed by atoms with E-state index in [1.807, 2.05) is 19.1 Å². The fourth-order valence-electron chi connectivity index (χ4n) is 3.11. The van der Waals surface area contributed by atoms with Crippen molar-refractivity contribution in [1.82, 2.24) is 10.2 Å². The molecule has 1 spiro atoms. The second kappa shape index (κ2) is 4.98. The summed E-state index contributed by atoms with van der Waals surface area (Å²) in [5, 5.41) is 2.78. The molecule has 3 amide bonds. The Hall–Kier alpha value is -2.17.